The molecule has 0 fully saturated rings. The van der Waals surface area contributed by atoms with Crippen LogP contribution in [-0.2, 0) is 0 Å². The molecule has 1 N–H and O–H groups in total. The van der Waals surface area contributed by atoms with Gasteiger partial charge in [-0.05, 0) is 43.2 Å². The van der Waals surface area contributed by atoms with Gasteiger partial charge in [-0.2, -0.15) is 0 Å². The van der Waals surface area contributed by atoms with Gasteiger partial charge in [0.2, 0.25) is 0 Å². The molecular weight excluding hydrogens is 382 g/mol. The summed E-state index contributed by atoms with van der Waals surface area (Å²) in [7, 11) is 5.23. The number of amides is 1. The van der Waals surface area contributed by atoms with E-state index in [1.54, 1.807) is 38.5 Å². The second-order valence-corrected chi connectivity index (χ2v) is 6.86. The van der Waals surface area contributed by atoms with Gasteiger partial charge in [0.25, 0.3) is 5.91 Å². The first-order chi connectivity index (χ1) is 14.6. The Morgan fingerprint density at radius 1 is 1.07 bits per heavy atom. The Hall–Kier alpha value is -3.48. The normalized spacial score (nSPS) is 10.5. The number of ether oxygens (including phenoxy) is 2. The molecule has 7 heteroatoms. The number of para-hydroxylation sites is 1. The van der Waals surface area contributed by atoms with Crippen LogP contribution in [0.2, 0.25) is 0 Å². The Morgan fingerprint density at radius 3 is 2.60 bits per heavy atom. The SMILES string of the molecule is COc1ccc(OC)c(-c2cc(C(=O)NCCCCN(C)c3ccccc3)no2)c1. The van der Waals surface area contributed by atoms with Gasteiger partial charge < -0.3 is 24.2 Å². The van der Waals surface area contributed by atoms with Gasteiger partial charge in [-0.3, -0.25) is 4.79 Å². The van der Waals surface area contributed by atoms with E-state index < -0.39 is 0 Å². The summed E-state index contributed by atoms with van der Waals surface area (Å²) in [5.41, 5.74) is 2.09. The molecule has 0 bridgehead atoms. The number of anilines is 1. The first kappa shape index (κ1) is 21.2. The number of hydrogen-bond acceptors (Lipinski definition) is 6. The Labute approximate surface area is 176 Å². The molecule has 0 saturated heterocycles. The average molecular weight is 409 g/mol. The fourth-order valence-electron chi connectivity index (χ4n) is 3.09. The van der Waals surface area contributed by atoms with E-state index in [9.17, 15) is 4.79 Å². The third-order valence-corrected chi connectivity index (χ3v) is 4.82. The van der Waals surface area contributed by atoms with Crippen molar-refractivity contribution in [2.24, 2.45) is 0 Å². The van der Waals surface area contributed by atoms with Crippen molar-refractivity contribution in [1.82, 2.24) is 10.5 Å². The maximum Gasteiger partial charge on any atom is 0.273 e. The first-order valence-electron chi connectivity index (χ1n) is 9.86. The molecule has 3 aromatic rings. The standard InChI is InChI=1S/C23H27N3O4/c1-26(17-9-5-4-6-10-17)14-8-7-13-24-23(27)20-16-22(30-25-20)19-15-18(28-2)11-12-21(19)29-3/h4-6,9-12,15-16H,7-8,13-14H2,1-3H3,(H,24,27). The van der Waals surface area contributed by atoms with Gasteiger partial charge >= 0.3 is 0 Å². The monoisotopic (exact) mass is 409 g/mol. The smallest absolute Gasteiger partial charge is 0.273 e. The Balaban J connectivity index is 1.50. The number of unbranched alkanes of at least 4 members (excludes halogenated alkanes) is 1. The highest BCUT2D eigenvalue weighted by Gasteiger charge is 2.17. The fourth-order valence-corrected chi connectivity index (χ4v) is 3.09. The summed E-state index contributed by atoms with van der Waals surface area (Å²) in [6.07, 6.45) is 1.84. The number of benzene rings is 2. The van der Waals surface area contributed by atoms with E-state index in [1.807, 2.05) is 18.2 Å². The van der Waals surface area contributed by atoms with Crippen molar-refractivity contribution >= 4 is 11.6 Å². The van der Waals surface area contributed by atoms with Gasteiger partial charge in [-0.1, -0.05) is 23.4 Å². The Kier molecular flexibility index (Phi) is 7.32. The van der Waals surface area contributed by atoms with Crippen LogP contribution in [0.4, 0.5) is 5.69 Å². The molecule has 2 aromatic carbocycles. The van der Waals surface area contributed by atoms with Gasteiger partial charge in [-0.25, -0.2) is 0 Å². The molecule has 1 heterocycles. The second-order valence-electron chi connectivity index (χ2n) is 6.86. The topological polar surface area (TPSA) is 76.8 Å². The minimum atomic E-state index is -0.261. The summed E-state index contributed by atoms with van der Waals surface area (Å²) in [6, 6.07) is 17.2. The maximum absolute atomic E-state index is 12.4. The molecule has 1 amide bonds. The molecule has 0 atom stereocenters. The minimum absolute atomic E-state index is 0.233. The van der Waals surface area contributed by atoms with Crippen molar-refractivity contribution in [2.45, 2.75) is 12.8 Å². The third-order valence-electron chi connectivity index (χ3n) is 4.82. The molecule has 0 saturated carbocycles. The zero-order chi connectivity index (χ0) is 21.3. The molecule has 0 radical (unpaired) electrons. The van der Waals surface area contributed by atoms with Gasteiger partial charge in [0.05, 0.1) is 19.8 Å². The highest BCUT2D eigenvalue weighted by Crippen LogP contribution is 2.33. The van der Waals surface area contributed by atoms with Crippen LogP contribution in [0.25, 0.3) is 11.3 Å². The molecule has 158 valence electrons. The zero-order valence-corrected chi connectivity index (χ0v) is 17.6. The highest BCUT2D eigenvalue weighted by molar-refractivity contribution is 5.93. The van der Waals surface area contributed by atoms with Crippen LogP contribution in [0.3, 0.4) is 0 Å². The van der Waals surface area contributed by atoms with E-state index >= 15 is 0 Å². The van der Waals surface area contributed by atoms with E-state index in [2.05, 4.69) is 34.6 Å². The van der Waals surface area contributed by atoms with Gasteiger partial charge in [0.1, 0.15) is 11.5 Å². The second kappa shape index (κ2) is 10.3. The predicted molar refractivity (Wildman–Crippen MR) is 116 cm³/mol. The summed E-state index contributed by atoms with van der Waals surface area (Å²) in [5, 5.41) is 6.79. The molecule has 0 aliphatic heterocycles. The van der Waals surface area contributed by atoms with Crippen LogP contribution in [-0.4, -0.2) is 45.4 Å². The zero-order valence-electron chi connectivity index (χ0n) is 17.6. The van der Waals surface area contributed by atoms with Crippen LogP contribution in [0.1, 0.15) is 23.3 Å². The van der Waals surface area contributed by atoms with E-state index in [4.69, 9.17) is 14.0 Å². The molecule has 1 aromatic heterocycles. The molecule has 0 spiro atoms. The largest absolute Gasteiger partial charge is 0.497 e. The summed E-state index contributed by atoms with van der Waals surface area (Å²) in [6.45, 7) is 1.50. The number of nitrogens with zero attached hydrogens (tertiary/aromatic N) is 2. The molecule has 0 aliphatic carbocycles. The molecule has 0 unspecified atom stereocenters. The third kappa shape index (κ3) is 5.31. The maximum atomic E-state index is 12.4. The molecule has 7 nitrogen and oxygen atoms in total. The lowest BCUT2D eigenvalue weighted by atomic mass is 10.1. The van der Waals surface area contributed by atoms with Gasteiger partial charge in [-0.15, -0.1) is 0 Å². The van der Waals surface area contributed by atoms with Crippen molar-refractivity contribution in [3.8, 4) is 22.8 Å². The van der Waals surface area contributed by atoms with Crippen LogP contribution in [0.15, 0.2) is 59.1 Å². The minimum Gasteiger partial charge on any atom is -0.497 e. The lowest BCUT2D eigenvalue weighted by Gasteiger charge is -2.18. The average Bonchev–Trinajstić information content (AvgIpc) is 3.29. The summed E-state index contributed by atoms with van der Waals surface area (Å²) < 4.78 is 16.0. The molecule has 3 rings (SSSR count). The van der Waals surface area contributed by atoms with E-state index in [0.29, 0.717) is 29.4 Å². The molecular formula is C23H27N3O4. The van der Waals surface area contributed by atoms with Gasteiger partial charge in [0.15, 0.2) is 11.5 Å². The number of methoxy groups -OCH3 is 2. The number of aromatic nitrogens is 1. The van der Waals surface area contributed by atoms with Crippen molar-refractivity contribution < 1.29 is 18.8 Å². The number of carbonyl (C=O) groups is 1. The Morgan fingerprint density at radius 2 is 1.87 bits per heavy atom. The first-order valence-corrected chi connectivity index (χ1v) is 9.86. The number of nitrogens with one attached hydrogen (secondary N) is 1. The predicted octanol–water partition coefficient (Wildman–Crippen LogP) is 4.01. The lowest BCUT2D eigenvalue weighted by Crippen LogP contribution is -2.26. The van der Waals surface area contributed by atoms with Crippen LogP contribution in [0.5, 0.6) is 11.5 Å². The van der Waals surface area contributed by atoms with Crippen LogP contribution < -0.4 is 19.7 Å². The number of carbonyl (C=O) groups excluding carboxylic acids is 1. The molecule has 30 heavy (non-hydrogen) atoms. The van der Waals surface area contributed by atoms with E-state index in [-0.39, 0.29) is 11.6 Å². The van der Waals surface area contributed by atoms with Crippen LogP contribution in [0, 0.1) is 0 Å². The van der Waals surface area contributed by atoms with Gasteiger partial charge in [0, 0.05) is 31.9 Å². The van der Waals surface area contributed by atoms with Crippen LogP contribution >= 0.6 is 0 Å². The fraction of sp³-hybridized carbons (Fsp3) is 0.304. The van der Waals surface area contributed by atoms with E-state index in [0.717, 1.165) is 19.4 Å². The lowest BCUT2D eigenvalue weighted by molar-refractivity contribution is 0.0944. The quantitative estimate of drug-likeness (QED) is 0.510. The summed E-state index contributed by atoms with van der Waals surface area (Å²) in [4.78, 5) is 14.6. The van der Waals surface area contributed by atoms with Crippen molar-refractivity contribution in [3.63, 3.8) is 0 Å². The van der Waals surface area contributed by atoms with E-state index in [1.165, 1.54) is 5.69 Å². The molecule has 0 aliphatic rings. The van der Waals surface area contributed by atoms with Crippen molar-refractivity contribution in [1.29, 1.82) is 0 Å². The number of rotatable bonds is 10. The highest BCUT2D eigenvalue weighted by atomic mass is 16.5. The number of hydrogen-bond donors (Lipinski definition) is 1. The summed E-state index contributed by atoms with van der Waals surface area (Å²) >= 11 is 0. The summed E-state index contributed by atoms with van der Waals surface area (Å²) in [5.74, 6) is 1.46. The Bertz CT molecular complexity index is 956. The van der Waals surface area contributed by atoms with Crippen molar-refractivity contribution in [2.75, 3.05) is 39.3 Å². The van der Waals surface area contributed by atoms with Crippen molar-refractivity contribution in [3.05, 3.63) is 60.3 Å².